The molecule has 0 fully saturated rings. The zero-order valence-electron chi connectivity index (χ0n) is 10.6. The van der Waals surface area contributed by atoms with Crippen LogP contribution in [-0.4, -0.2) is 39.7 Å². The first-order chi connectivity index (χ1) is 9.34. The number of hydrogen-bond acceptors (Lipinski definition) is 4. The smallest absolute Gasteiger partial charge is 0.306 e. The van der Waals surface area contributed by atoms with Crippen LogP contribution in [0.3, 0.4) is 0 Å². The van der Waals surface area contributed by atoms with E-state index < -0.39 is 36.2 Å². The molecule has 0 spiro atoms. The number of carboxylic acid groups (broad SMARTS) is 1. The van der Waals surface area contributed by atoms with Crippen LogP contribution in [0.5, 0.6) is 0 Å². The van der Waals surface area contributed by atoms with Crippen LogP contribution in [0.25, 0.3) is 0 Å². The number of benzene rings is 1. The number of aliphatic carboxylic acids is 1. The summed E-state index contributed by atoms with van der Waals surface area (Å²) in [5.74, 6) is -3.73. The maximum Gasteiger partial charge on any atom is 0.306 e. The molecule has 7 nitrogen and oxygen atoms in total. The molecular weight excluding hydrogens is 264 g/mol. The monoisotopic (exact) mass is 276 g/mol. The molecule has 3 N–H and O–H groups in total. The molecule has 1 aromatic carbocycles. The number of fused-ring (bicyclic) bond motifs is 1. The van der Waals surface area contributed by atoms with Crippen molar-refractivity contribution >= 4 is 23.7 Å². The van der Waals surface area contributed by atoms with Gasteiger partial charge in [-0.3, -0.25) is 24.1 Å². The molecule has 1 aliphatic heterocycles. The van der Waals surface area contributed by atoms with E-state index in [0.717, 1.165) is 0 Å². The van der Waals surface area contributed by atoms with Gasteiger partial charge in [-0.1, -0.05) is 12.1 Å². The molecule has 2 rings (SSSR count). The maximum absolute atomic E-state index is 12.3. The first kappa shape index (κ1) is 13.7. The number of carboxylic acids is 1. The minimum absolute atomic E-state index is 0.159. The number of amides is 3. The molecule has 20 heavy (non-hydrogen) atoms. The van der Waals surface area contributed by atoms with Gasteiger partial charge in [0, 0.05) is 0 Å². The zero-order valence-corrected chi connectivity index (χ0v) is 10.6. The first-order valence-electron chi connectivity index (χ1n) is 5.83. The molecule has 1 unspecified atom stereocenters. The number of primary amides is 1. The Morgan fingerprint density at radius 2 is 1.95 bits per heavy atom. The summed E-state index contributed by atoms with van der Waals surface area (Å²) in [6.07, 6.45) is -0.708. The fourth-order valence-corrected chi connectivity index (χ4v) is 2.24. The lowest BCUT2D eigenvalue weighted by atomic mass is 10.0. The number of nitrogens with two attached hydrogens (primary N) is 1. The minimum atomic E-state index is -1.49. The van der Waals surface area contributed by atoms with Crippen LogP contribution >= 0.6 is 0 Å². The van der Waals surface area contributed by atoms with Crippen LogP contribution in [0.15, 0.2) is 18.2 Å². The summed E-state index contributed by atoms with van der Waals surface area (Å²) in [5.41, 5.74) is 6.05. The van der Waals surface area contributed by atoms with Crippen LogP contribution in [-0.2, 0) is 9.59 Å². The van der Waals surface area contributed by atoms with Gasteiger partial charge < -0.3 is 10.8 Å². The van der Waals surface area contributed by atoms with E-state index in [-0.39, 0.29) is 11.1 Å². The van der Waals surface area contributed by atoms with Crippen molar-refractivity contribution in [3.8, 4) is 0 Å². The highest BCUT2D eigenvalue weighted by Gasteiger charge is 2.43. The molecule has 0 aliphatic carbocycles. The molecule has 7 heteroatoms. The fraction of sp³-hybridized carbons (Fsp3) is 0.231. The number of rotatable bonds is 4. The highest BCUT2D eigenvalue weighted by atomic mass is 16.4. The third-order valence-corrected chi connectivity index (χ3v) is 3.16. The van der Waals surface area contributed by atoms with Gasteiger partial charge in [0.2, 0.25) is 5.91 Å². The Morgan fingerprint density at radius 3 is 2.45 bits per heavy atom. The van der Waals surface area contributed by atoms with Crippen molar-refractivity contribution < 1.29 is 24.3 Å². The van der Waals surface area contributed by atoms with Gasteiger partial charge in [-0.2, -0.15) is 0 Å². The second kappa shape index (κ2) is 4.76. The van der Waals surface area contributed by atoms with Crippen molar-refractivity contribution in [3.05, 3.63) is 34.9 Å². The topological polar surface area (TPSA) is 118 Å². The molecule has 0 saturated heterocycles. The van der Waals surface area contributed by atoms with Gasteiger partial charge >= 0.3 is 5.97 Å². The molecule has 104 valence electrons. The van der Waals surface area contributed by atoms with Crippen LogP contribution in [0.1, 0.15) is 32.7 Å². The molecule has 0 saturated carbocycles. The summed E-state index contributed by atoms with van der Waals surface area (Å²) in [5, 5.41) is 8.78. The summed E-state index contributed by atoms with van der Waals surface area (Å²) < 4.78 is 0. The van der Waals surface area contributed by atoms with Gasteiger partial charge in [-0.05, 0) is 18.6 Å². The Kier molecular flexibility index (Phi) is 3.27. The van der Waals surface area contributed by atoms with Crippen LogP contribution in [0.4, 0.5) is 0 Å². The fourth-order valence-electron chi connectivity index (χ4n) is 2.24. The quantitative estimate of drug-likeness (QED) is 0.746. The highest BCUT2D eigenvalue weighted by molar-refractivity contribution is 6.23. The molecule has 1 aromatic rings. The van der Waals surface area contributed by atoms with E-state index >= 15 is 0 Å². The second-order valence-electron chi connectivity index (χ2n) is 4.49. The van der Waals surface area contributed by atoms with Gasteiger partial charge in [-0.15, -0.1) is 0 Å². The van der Waals surface area contributed by atoms with Gasteiger partial charge in [0.1, 0.15) is 6.04 Å². The molecule has 1 heterocycles. The van der Waals surface area contributed by atoms with Gasteiger partial charge in [-0.25, -0.2) is 0 Å². The van der Waals surface area contributed by atoms with E-state index in [1.54, 1.807) is 19.1 Å². The van der Waals surface area contributed by atoms with E-state index in [1.807, 2.05) is 0 Å². The van der Waals surface area contributed by atoms with Crippen LogP contribution < -0.4 is 5.73 Å². The first-order valence-corrected chi connectivity index (χ1v) is 5.83. The Morgan fingerprint density at radius 1 is 1.30 bits per heavy atom. The molecule has 1 aliphatic rings. The van der Waals surface area contributed by atoms with E-state index in [4.69, 9.17) is 10.8 Å². The number of carbonyl (C=O) groups excluding carboxylic acids is 3. The predicted molar refractivity (Wildman–Crippen MR) is 66.9 cm³/mol. The van der Waals surface area contributed by atoms with Crippen molar-refractivity contribution in [1.29, 1.82) is 0 Å². The summed E-state index contributed by atoms with van der Waals surface area (Å²) in [6.45, 7) is 1.66. The molecule has 0 bridgehead atoms. The van der Waals surface area contributed by atoms with E-state index in [9.17, 15) is 19.2 Å². The predicted octanol–water partition coefficient (Wildman–Crippen LogP) is -0.0804. The maximum atomic E-state index is 12.3. The largest absolute Gasteiger partial charge is 0.481 e. The van der Waals surface area contributed by atoms with Crippen molar-refractivity contribution in [3.63, 3.8) is 0 Å². The Hall–Kier alpha value is -2.70. The summed E-state index contributed by atoms with van der Waals surface area (Å²) >= 11 is 0. The lowest BCUT2D eigenvalue weighted by Crippen LogP contribution is -2.48. The highest BCUT2D eigenvalue weighted by Crippen LogP contribution is 2.28. The summed E-state index contributed by atoms with van der Waals surface area (Å²) in [6, 6.07) is 3.24. The van der Waals surface area contributed by atoms with E-state index in [1.165, 1.54) is 6.07 Å². The molecule has 3 amide bonds. The third-order valence-electron chi connectivity index (χ3n) is 3.16. The average Bonchev–Trinajstić information content (AvgIpc) is 2.60. The van der Waals surface area contributed by atoms with Crippen LogP contribution in [0, 0.1) is 6.92 Å². The summed E-state index contributed by atoms with van der Waals surface area (Å²) in [7, 11) is 0. The lowest BCUT2D eigenvalue weighted by molar-refractivity contribution is -0.140. The van der Waals surface area contributed by atoms with Crippen molar-refractivity contribution in [1.82, 2.24) is 4.90 Å². The Bertz CT molecular complexity index is 638. The average molecular weight is 276 g/mol. The van der Waals surface area contributed by atoms with Gasteiger partial charge in [0.25, 0.3) is 11.8 Å². The Labute approximate surface area is 114 Å². The van der Waals surface area contributed by atoms with Gasteiger partial charge in [0.15, 0.2) is 0 Å². The molecule has 0 radical (unpaired) electrons. The minimum Gasteiger partial charge on any atom is -0.481 e. The number of nitrogens with zero attached hydrogens (tertiary/aromatic N) is 1. The Balaban J connectivity index is 2.48. The van der Waals surface area contributed by atoms with Gasteiger partial charge in [0.05, 0.1) is 17.5 Å². The SMILES string of the molecule is Cc1cccc2c1C(=O)N(C(CC(=O)O)C(N)=O)C2=O. The number of imide groups is 1. The number of hydrogen-bond donors (Lipinski definition) is 2. The third kappa shape index (κ3) is 2.03. The molecule has 1 atom stereocenters. The van der Waals surface area contributed by atoms with Crippen LogP contribution in [0.2, 0.25) is 0 Å². The van der Waals surface area contributed by atoms with Crippen molar-refractivity contribution in [2.45, 2.75) is 19.4 Å². The lowest BCUT2D eigenvalue weighted by Gasteiger charge is -2.21. The van der Waals surface area contributed by atoms with Crippen molar-refractivity contribution in [2.24, 2.45) is 5.73 Å². The second-order valence-corrected chi connectivity index (χ2v) is 4.49. The van der Waals surface area contributed by atoms with E-state index in [0.29, 0.717) is 10.5 Å². The molecule has 0 aromatic heterocycles. The van der Waals surface area contributed by atoms with E-state index in [2.05, 4.69) is 0 Å². The summed E-state index contributed by atoms with van der Waals surface area (Å²) in [4.78, 5) is 47.2. The normalized spacial score (nSPS) is 15.2. The molecular formula is C13H12N2O5. The number of carbonyl (C=O) groups is 4. The van der Waals surface area contributed by atoms with Crippen molar-refractivity contribution in [2.75, 3.05) is 0 Å². The zero-order chi connectivity index (χ0) is 15.0. The number of aryl methyl sites for hydroxylation is 1. The standard InChI is InChI=1S/C13H12N2O5/c1-6-3-2-4-7-10(6)13(20)15(12(7)19)8(11(14)18)5-9(16)17/h2-4,8H,5H2,1H3,(H2,14,18)(H,16,17).